The van der Waals surface area contributed by atoms with Crippen molar-refractivity contribution in [3.63, 3.8) is 0 Å². The van der Waals surface area contributed by atoms with E-state index < -0.39 is 0 Å². The van der Waals surface area contributed by atoms with Crippen LogP contribution in [0.5, 0.6) is 0 Å². The molecule has 1 saturated carbocycles. The van der Waals surface area contributed by atoms with Gasteiger partial charge in [-0.2, -0.15) is 4.98 Å². The molecule has 2 heterocycles. The average Bonchev–Trinajstić information content (AvgIpc) is 3.34. The molecule has 0 spiro atoms. The maximum atomic E-state index is 12.7. The third-order valence-electron chi connectivity index (χ3n) is 5.54. The van der Waals surface area contributed by atoms with Gasteiger partial charge in [0.1, 0.15) is 0 Å². The molecule has 1 aliphatic heterocycles. The van der Waals surface area contributed by atoms with E-state index in [1.54, 1.807) is 7.05 Å². The highest BCUT2D eigenvalue weighted by molar-refractivity contribution is 14.0. The first kappa shape index (κ1) is 23.9. The summed E-state index contributed by atoms with van der Waals surface area (Å²) < 4.78 is 5.32. The highest BCUT2D eigenvalue weighted by atomic mass is 127. The van der Waals surface area contributed by atoms with Gasteiger partial charge in [-0.1, -0.05) is 45.2 Å². The van der Waals surface area contributed by atoms with Crippen LogP contribution in [0.3, 0.4) is 0 Å². The largest absolute Gasteiger partial charge is 0.352 e. The second-order valence-corrected chi connectivity index (χ2v) is 8.94. The molecule has 1 atom stereocenters. The number of carbonyl (C=O) groups is 1. The van der Waals surface area contributed by atoms with E-state index in [0.717, 1.165) is 32.4 Å². The molecule has 8 nitrogen and oxygen atoms in total. The average molecular weight is 518 g/mol. The quantitative estimate of drug-likeness (QED) is 0.362. The van der Waals surface area contributed by atoms with Gasteiger partial charge in [-0.25, -0.2) is 0 Å². The van der Waals surface area contributed by atoms with Gasteiger partial charge >= 0.3 is 0 Å². The van der Waals surface area contributed by atoms with Crippen LogP contribution in [0.2, 0.25) is 0 Å². The summed E-state index contributed by atoms with van der Waals surface area (Å²) in [5, 5.41) is 10.7. The zero-order valence-corrected chi connectivity index (χ0v) is 20.4. The molecule has 3 rings (SSSR count). The van der Waals surface area contributed by atoms with Crippen LogP contribution in [0.1, 0.15) is 71.0 Å². The predicted molar refractivity (Wildman–Crippen MR) is 123 cm³/mol. The molecule has 1 aromatic heterocycles. The van der Waals surface area contributed by atoms with Crippen LogP contribution < -0.4 is 10.6 Å². The Labute approximate surface area is 190 Å². The number of amides is 1. The van der Waals surface area contributed by atoms with Crippen LogP contribution in [0.4, 0.5) is 0 Å². The van der Waals surface area contributed by atoms with Crippen LogP contribution in [-0.4, -0.2) is 53.1 Å². The molecule has 1 saturated heterocycles. The summed E-state index contributed by atoms with van der Waals surface area (Å²) in [6.45, 7) is 8.13. The Morgan fingerprint density at radius 1 is 1.24 bits per heavy atom. The smallest absolute Gasteiger partial charge is 0.232 e. The summed E-state index contributed by atoms with van der Waals surface area (Å²) in [7, 11) is 1.74. The van der Waals surface area contributed by atoms with E-state index in [0.29, 0.717) is 30.1 Å². The zero-order chi connectivity index (χ0) is 20.1. The van der Waals surface area contributed by atoms with Gasteiger partial charge in [0.15, 0.2) is 11.8 Å². The lowest BCUT2D eigenvalue weighted by Gasteiger charge is -2.26. The van der Waals surface area contributed by atoms with Crippen LogP contribution in [0, 0.1) is 5.92 Å². The topological polar surface area (TPSA) is 95.7 Å². The zero-order valence-electron chi connectivity index (χ0n) is 18.0. The van der Waals surface area contributed by atoms with Crippen molar-refractivity contribution in [2.75, 3.05) is 20.1 Å². The van der Waals surface area contributed by atoms with E-state index >= 15 is 0 Å². The third-order valence-corrected chi connectivity index (χ3v) is 5.54. The molecule has 9 heteroatoms. The van der Waals surface area contributed by atoms with Crippen molar-refractivity contribution in [1.29, 1.82) is 0 Å². The van der Waals surface area contributed by atoms with Gasteiger partial charge in [0.25, 0.3) is 0 Å². The van der Waals surface area contributed by atoms with Gasteiger partial charge in [0, 0.05) is 37.5 Å². The van der Waals surface area contributed by atoms with Crippen molar-refractivity contribution in [3.05, 3.63) is 11.7 Å². The number of halogens is 1. The number of guanidine groups is 1. The van der Waals surface area contributed by atoms with E-state index in [1.807, 2.05) is 25.7 Å². The van der Waals surface area contributed by atoms with Crippen LogP contribution in [0.25, 0.3) is 0 Å². The Morgan fingerprint density at radius 3 is 2.59 bits per heavy atom. The fraction of sp³-hybridized carbons (Fsp3) is 0.800. The molecule has 0 aromatic carbocycles. The van der Waals surface area contributed by atoms with E-state index in [-0.39, 0.29) is 41.4 Å². The molecule has 0 bridgehead atoms. The van der Waals surface area contributed by atoms with Crippen LogP contribution in [-0.2, 0) is 16.8 Å². The number of nitrogens with one attached hydrogen (secondary N) is 2. The minimum atomic E-state index is -0.163. The molecular weight excluding hydrogens is 483 g/mol. The second-order valence-electron chi connectivity index (χ2n) is 8.94. The molecule has 2 N–H and O–H groups in total. The number of nitrogens with zero attached hydrogens (tertiary/aromatic N) is 4. The highest BCUT2D eigenvalue weighted by Crippen LogP contribution is 2.26. The molecule has 1 unspecified atom stereocenters. The monoisotopic (exact) mass is 518 g/mol. The summed E-state index contributed by atoms with van der Waals surface area (Å²) in [6, 6.07) is 0.217. The fourth-order valence-corrected chi connectivity index (χ4v) is 3.87. The third kappa shape index (κ3) is 6.55. The second kappa shape index (κ2) is 10.6. The number of likely N-dealkylation sites (tertiary alicyclic amines) is 1. The van der Waals surface area contributed by atoms with Gasteiger partial charge in [0.2, 0.25) is 11.8 Å². The minimum absolute atomic E-state index is 0. The van der Waals surface area contributed by atoms with Crippen molar-refractivity contribution in [2.45, 2.75) is 77.3 Å². The van der Waals surface area contributed by atoms with Crippen molar-refractivity contribution >= 4 is 35.8 Å². The summed E-state index contributed by atoms with van der Waals surface area (Å²) in [4.78, 5) is 23.5. The van der Waals surface area contributed by atoms with E-state index in [4.69, 9.17) is 4.52 Å². The van der Waals surface area contributed by atoms with E-state index in [2.05, 4.69) is 25.8 Å². The summed E-state index contributed by atoms with van der Waals surface area (Å²) in [5.41, 5.74) is -0.163. The fourth-order valence-electron chi connectivity index (χ4n) is 3.87. The maximum absolute atomic E-state index is 12.7. The number of hydrogen-bond acceptors (Lipinski definition) is 5. The molecule has 0 radical (unpaired) electrons. The lowest BCUT2D eigenvalue weighted by Crippen LogP contribution is -2.45. The lowest BCUT2D eigenvalue weighted by molar-refractivity contribution is -0.135. The molecule has 29 heavy (non-hydrogen) atoms. The van der Waals surface area contributed by atoms with E-state index in [1.165, 1.54) is 19.3 Å². The van der Waals surface area contributed by atoms with Crippen LogP contribution in [0.15, 0.2) is 9.52 Å². The Morgan fingerprint density at radius 2 is 1.97 bits per heavy atom. The van der Waals surface area contributed by atoms with Gasteiger partial charge in [-0.15, -0.1) is 24.0 Å². The standard InChI is InChI=1S/C20H34N6O2.HI/c1-20(2,3)18-24-16(25-28-18)12-22-19(21-4)23-15-10-11-26(13-15)17(27)14-8-6-5-7-9-14;/h14-15H,5-13H2,1-4H3,(H2,21,22,23);1H. The molecular formula is C20H35IN6O2. The van der Waals surface area contributed by atoms with Gasteiger partial charge in [-0.05, 0) is 19.3 Å². The van der Waals surface area contributed by atoms with Crippen LogP contribution >= 0.6 is 24.0 Å². The van der Waals surface area contributed by atoms with Gasteiger partial charge in [-0.3, -0.25) is 9.79 Å². The van der Waals surface area contributed by atoms with Crippen molar-refractivity contribution in [2.24, 2.45) is 10.9 Å². The Balaban J connectivity index is 0.00000300. The summed E-state index contributed by atoms with van der Waals surface area (Å²) in [5.74, 6) is 2.50. The van der Waals surface area contributed by atoms with Crippen molar-refractivity contribution in [3.8, 4) is 0 Å². The Hall–Kier alpha value is -1.39. The van der Waals surface area contributed by atoms with Crippen molar-refractivity contribution < 1.29 is 9.32 Å². The van der Waals surface area contributed by atoms with Crippen molar-refractivity contribution in [1.82, 2.24) is 25.7 Å². The number of aliphatic imine (C=N–C) groups is 1. The lowest BCUT2D eigenvalue weighted by atomic mass is 9.88. The maximum Gasteiger partial charge on any atom is 0.232 e. The predicted octanol–water partition coefficient (Wildman–Crippen LogP) is 2.83. The number of aromatic nitrogens is 2. The van der Waals surface area contributed by atoms with Gasteiger partial charge < -0.3 is 20.1 Å². The molecule has 2 fully saturated rings. The number of rotatable bonds is 4. The first-order valence-corrected chi connectivity index (χ1v) is 10.5. The first-order valence-electron chi connectivity index (χ1n) is 10.5. The Kier molecular flexibility index (Phi) is 8.72. The highest BCUT2D eigenvalue weighted by Gasteiger charge is 2.31. The molecule has 2 aliphatic rings. The molecule has 164 valence electrons. The SMILES string of the molecule is CN=C(NCc1noc(C(C)(C)C)n1)NC1CCN(C(=O)C2CCCCC2)C1.I. The summed E-state index contributed by atoms with van der Waals surface area (Å²) in [6.07, 6.45) is 6.70. The minimum Gasteiger partial charge on any atom is -0.352 e. The Bertz CT molecular complexity index is 693. The van der Waals surface area contributed by atoms with Gasteiger partial charge in [0.05, 0.1) is 6.54 Å². The molecule has 1 amide bonds. The molecule has 1 aromatic rings. The first-order chi connectivity index (χ1) is 13.4. The number of carbonyl (C=O) groups excluding carboxylic acids is 1. The normalized spacial score (nSPS) is 21.0. The summed E-state index contributed by atoms with van der Waals surface area (Å²) >= 11 is 0. The van der Waals surface area contributed by atoms with E-state index in [9.17, 15) is 4.79 Å². The number of hydrogen-bond donors (Lipinski definition) is 2. The molecule has 1 aliphatic carbocycles.